The summed E-state index contributed by atoms with van der Waals surface area (Å²) in [7, 11) is 1.56. The number of likely N-dealkylation sites (tertiary alicyclic amines) is 1. The molecule has 1 aromatic rings. The van der Waals surface area contributed by atoms with Crippen LogP contribution in [0.3, 0.4) is 0 Å². The van der Waals surface area contributed by atoms with Crippen LogP contribution in [0.15, 0.2) is 16.6 Å². The number of rotatable bonds is 7. The Morgan fingerprint density at radius 1 is 1.48 bits per heavy atom. The van der Waals surface area contributed by atoms with Crippen molar-refractivity contribution in [3.63, 3.8) is 0 Å². The number of halogens is 1. The smallest absolute Gasteiger partial charge is 0.308 e. The van der Waals surface area contributed by atoms with Gasteiger partial charge in [0.15, 0.2) is 11.5 Å². The van der Waals surface area contributed by atoms with Gasteiger partial charge in [0.1, 0.15) is 0 Å². The molecule has 0 bridgehead atoms. The Morgan fingerprint density at radius 2 is 2.22 bits per heavy atom. The number of nitrogens with zero attached hydrogens (tertiary/aromatic N) is 1. The van der Waals surface area contributed by atoms with Gasteiger partial charge in [-0.15, -0.1) is 0 Å². The van der Waals surface area contributed by atoms with Gasteiger partial charge in [0.25, 0.3) is 0 Å². The van der Waals surface area contributed by atoms with Crippen molar-refractivity contribution in [3.8, 4) is 11.5 Å². The molecule has 1 saturated heterocycles. The fourth-order valence-corrected chi connectivity index (χ4v) is 3.12. The van der Waals surface area contributed by atoms with Crippen LogP contribution in [0.25, 0.3) is 0 Å². The highest BCUT2D eigenvalue weighted by atomic mass is 79.9. The van der Waals surface area contributed by atoms with Gasteiger partial charge in [-0.2, -0.15) is 0 Å². The molecule has 0 saturated carbocycles. The monoisotopic (exact) mass is 385 g/mol. The van der Waals surface area contributed by atoms with Gasteiger partial charge >= 0.3 is 5.97 Å². The van der Waals surface area contributed by atoms with Gasteiger partial charge in [-0.3, -0.25) is 9.59 Å². The number of carbonyl (C=O) groups is 2. The maximum atomic E-state index is 11.9. The Labute approximate surface area is 143 Å². The zero-order valence-corrected chi connectivity index (χ0v) is 14.8. The molecule has 1 aliphatic rings. The molecule has 1 heterocycles. The lowest BCUT2D eigenvalue weighted by Gasteiger charge is -2.18. The van der Waals surface area contributed by atoms with Crippen molar-refractivity contribution in [2.24, 2.45) is 5.92 Å². The van der Waals surface area contributed by atoms with Crippen LogP contribution in [0.4, 0.5) is 0 Å². The SMILES string of the molecule is CCCOc1c(Br)cc(CN2C[C@H](C(=O)O)CC2=O)cc1OC. The molecule has 1 N–H and O–H groups in total. The number of carbonyl (C=O) groups excluding carboxylic acids is 1. The van der Waals surface area contributed by atoms with Crippen LogP contribution in [0.5, 0.6) is 11.5 Å². The first-order valence-corrected chi connectivity index (χ1v) is 8.25. The summed E-state index contributed by atoms with van der Waals surface area (Å²) in [6.07, 6.45) is 0.946. The molecule has 0 spiro atoms. The van der Waals surface area contributed by atoms with Gasteiger partial charge in [0, 0.05) is 19.5 Å². The standard InChI is InChI=1S/C16H20BrNO5/c1-3-4-23-15-12(17)5-10(6-13(15)22-2)8-18-9-11(16(20)21)7-14(18)19/h5-6,11H,3-4,7-9H2,1-2H3,(H,20,21)/t11-/m1/s1. The van der Waals surface area contributed by atoms with Crippen molar-refractivity contribution in [1.82, 2.24) is 4.90 Å². The summed E-state index contributed by atoms with van der Waals surface area (Å²) in [6.45, 7) is 3.19. The lowest BCUT2D eigenvalue weighted by atomic mass is 10.1. The van der Waals surface area contributed by atoms with Gasteiger partial charge in [0.05, 0.1) is 24.1 Å². The fraction of sp³-hybridized carbons (Fsp3) is 0.500. The second kappa shape index (κ2) is 7.68. The Kier molecular flexibility index (Phi) is 5.87. The molecule has 0 unspecified atom stereocenters. The van der Waals surface area contributed by atoms with Crippen molar-refractivity contribution < 1.29 is 24.2 Å². The zero-order chi connectivity index (χ0) is 17.0. The summed E-state index contributed by atoms with van der Waals surface area (Å²) in [5.41, 5.74) is 0.858. The molecule has 1 aliphatic heterocycles. The van der Waals surface area contributed by atoms with Crippen molar-refractivity contribution in [3.05, 3.63) is 22.2 Å². The van der Waals surface area contributed by atoms with Crippen LogP contribution in [0.2, 0.25) is 0 Å². The molecule has 0 aromatic heterocycles. The highest BCUT2D eigenvalue weighted by Crippen LogP contribution is 2.37. The number of amides is 1. The first-order chi connectivity index (χ1) is 11.0. The number of methoxy groups -OCH3 is 1. The third kappa shape index (κ3) is 4.16. The highest BCUT2D eigenvalue weighted by molar-refractivity contribution is 9.10. The molecule has 6 nitrogen and oxygen atoms in total. The van der Waals surface area contributed by atoms with Crippen molar-refractivity contribution in [2.45, 2.75) is 26.3 Å². The van der Waals surface area contributed by atoms with E-state index in [1.54, 1.807) is 12.0 Å². The average Bonchev–Trinajstić information content (AvgIpc) is 2.87. The van der Waals surface area contributed by atoms with Crippen LogP contribution in [0.1, 0.15) is 25.3 Å². The van der Waals surface area contributed by atoms with E-state index in [1.165, 1.54) is 0 Å². The normalized spacial score (nSPS) is 17.4. The fourth-order valence-electron chi connectivity index (χ4n) is 2.52. The van der Waals surface area contributed by atoms with E-state index in [9.17, 15) is 9.59 Å². The minimum atomic E-state index is -0.928. The van der Waals surface area contributed by atoms with Crippen LogP contribution in [-0.4, -0.2) is 42.1 Å². The van der Waals surface area contributed by atoms with E-state index in [4.69, 9.17) is 14.6 Å². The zero-order valence-electron chi connectivity index (χ0n) is 13.2. The summed E-state index contributed by atoms with van der Waals surface area (Å²) >= 11 is 3.47. The van der Waals surface area contributed by atoms with Gasteiger partial charge in [-0.25, -0.2) is 0 Å². The summed E-state index contributed by atoms with van der Waals surface area (Å²) in [5.74, 6) is -0.472. The van der Waals surface area contributed by atoms with Crippen LogP contribution in [-0.2, 0) is 16.1 Å². The molecule has 7 heteroatoms. The maximum absolute atomic E-state index is 11.9. The molecule has 2 rings (SSSR count). The average molecular weight is 386 g/mol. The molecule has 1 fully saturated rings. The Bertz CT molecular complexity index is 604. The van der Waals surface area contributed by atoms with E-state index < -0.39 is 11.9 Å². The van der Waals surface area contributed by atoms with Gasteiger partial charge in [-0.1, -0.05) is 6.92 Å². The minimum absolute atomic E-state index is 0.0608. The van der Waals surface area contributed by atoms with E-state index in [-0.39, 0.29) is 18.9 Å². The molecule has 1 amide bonds. The highest BCUT2D eigenvalue weighted by Gasteiger charge is 2.34. The van der Waals surface area contributed by atoms with Crippen molar-refractivity contribution in [2.75, 3.05) is 20.3 Å². The Morgan fingerprint density at radius 3 is 2.78 bits per heavy atom. The minimum Gasteiger partial charge on any atom is -0.493 e. The second-order valence-corrected chi connectivity index (χ2v) is 6.33. The maximum Gasteiger partial charge on any atom is 0.308 e. The van der Waals surface area contributed by atoms with Crippen molar-refractivity contribution in [1.29, 1.82) is 0 Å². The first-order valence-electron chi connectivity index (χ1n) is 7.46. The largest absolute Gasteiger partial charge is 0.493 e. The number of carboxylic acid groups (broad SMARTS) is 1. The first kappa shape index (κ1) is 17.6. The second-order valence-electron chi connectivity index (χ2n) is 5.47. The Hall–Kier alpha value is -1.76. The molecule has 126 valence electrons. The molecule has 1 atom stereocenters. The third-order valence-electron chi connectivity index (χ3n) is 3.68. The van der Waals surface area contributed by atoms with Crippen molar-refractivity contribution >= 4 is 27.8 Å². The van der Waals surface area contributed by atoms with Crippen LogP contribution >= 0.6 is 15.9 Å². The Balaban J connectivity index is 2.16. The number of carboxylic acids is 1. The number of hydrogen-bond donors (Lipinski definition) is 1. The van der Waals surface area contributed by atoms with Crippen LogP contribution in [0, 0.1) is 5.92 Å². The third-order valence-corrected chi connectivity index (χ3v) is 4.27. The predicted octanol–water partition coefficient (Wildman–Crippen LogP) is 2.68. The molecule has 0 radical (unpaired) electrons. The quantitative estimate of drug-likeness (QED) is 0.780. The summed E-state index contributed by atoms with van der Waals surface area (Å²) in [6, 6.07) is 3.69. The summed E-state index contributed by atoms with van der Waals surface area (Å²) < 4.78 is 11.8. The lowest BCUT2D eigenvalue weighted by molar-refractivity contribution is -0.141. The van der Waals surface area contributed by atoms with Gasteiger partial charge in [-0.05, 0) is 40.0 Å². The molecule has 0 aliphatic carbocycles. The summed E-state index contributed by atoms with van der Waals surface area (Å²) in [4.78, 5) is 24.5. The van der Waals surface area contributed by atoms with E-state index in [0.717, 1.165) is 16.5 Å². The van der Waals surface area contributed by atoms with E-state index in [0.29, 0.717) is 24.7 Å². The molecule has 23 heavy (non-hydrogen) atoms. The number of benzene rings is 1. The number of hydrogen-bond acceptors (Lipinski definition) is 4. The molecular weight excluding hydrogens is 366 g/mol. The molecular formula is C16H20BrNO5. The lowest BCUT2D eigenvalue weighted by Crippen LogP contribution is -2.25. The van der Waals surface area contributed by atoms with Crippen LogP contribution < -0.4 is 9.47 Å². The molecule has 1 aromatic carbocycles. The topological polar surface area (TPSA) is 76.1 Å². The van der Waals surface area contributed by atoms with Gasteiger partial charge in [0.2, 0.25) is 5.91 Å². The number of ether oxygens (including phenoxy) is 2. The number of aliphatic carboxylic acids is 1. The summed E-state index contributed by atoms with van der Waals surface area (Å²) in [5, 5.41) is 9.04. The van der Waals surface area contributed by atoms with E-state index in [2.05, 4.69) is 15.9 Å². The van der Waals surface area contributed by atoms with E-state index in [1.807, 2.05) is 19.1 Å². The van der Waals surface area contributed by atoms with Gasteiger partial charge < -0.3 is 19.5 Å². The van der Waals surface area contributed by atoms with E-state index >= 15 is 0 Å². The predicted molar refractivity (Wildman–Crippen MR) is 87.6 cm³/mol.